The molecule has 0 saturated carbocycles. The molecule has 0 radical (unpaired) electrons. The van der Waals surface area contributed by atoms with Crippen LogP contribution in [0.2, 0.25) is 0 Å². The summed E-state index contributed by atoms with van der Waals surface area (Å²) in [7, 11) is 1.61. The molecule has 0 spiro atoms. The molecule has 6 nitrogen and oxygen atoms in total. The zero-order chi connectivity index (χ0) is 21.3. The maximum absolute atomic E-state index is 12.3. The number of aromatic nitrogens is 2. The van der Waals surface area contributed by atoms with Crippen molar-refractivity contribution in [3.8, 4) is 17.0 Å². The van der Waals surface area contributed by atoms with E-state index in [1.165, 1.54) is 16.7 Å². The van der Waals surface area contributed by atoms with Crippen molar-refractivity contribution in [3.05, 3.63) is 59.6 Å². The Balaban J connectivity index is 1.52. The van der Waals surface area contributed by atoms with Crippen molar-refractivity contribution in [2.75, 3.05) is 20.2 Å². The largest absolute Gasteiger partial charge is 0.481 e. The van der Waals surface area contributed by atoms with E-state index >= 15 is 0 Å². The number of rotatable bonds is 3. The number of hydrogen-bond acceptors (Lipinski definition) is 5. The molecular weight excluding hydrogens is 378 g/mol. The highest BCUT2D eigenvalue weighted by Crippen LogP contribution is 2.36. The number of carbonyl (C=O) groups excluding carboxylic acids is 1. The van der Waals surface area contributed by atoms with Crippen LogP contribution in [0.5, 0.6) is 5.88 Å². The molecule has 1 aliphatic carbocycles. The molecule has 6 heteroatoms. The molecule has 0 unspecified atom stereocenters. The summed E-state index contributed by atoms with van der Waals surface area (Å²) in [5.74, 6) is 0.593. The van der Waals surface area contributed by atoms with Crippen LogP contribution < -0.4 is 4.74 Å². The molecule has 4 rings (SSSR count). The Morgan fingerprint density at radius 2 is 1.90 bits per heavy atom. The molecule has 2 aromatic heterocycles. The number of allylic oxidation sites excluding steroid dienone is 2. The minimum Gasteiger partial charge on any atom is -0.481 e. The molecular formula is C24H27N3O3. The predicted molar refractivity (Wildman–Crippen MR) is 116 cm³/mol. The standard InChI is InChI=1S/C24H27N3O3/c1-24(2,3)30-23(28)27-11-9-16(10-12-27)19-6-7-21-20(19)13-18(15-25-21)17-5-8-22(29-4)26-14-17/h5-6,8-9,13-15H,7,10-12H2,1-4H3. The maximum atomic E-state index is 12.3. The quantitative estimate of drug-likeness (QED) is 0.743. The van der Waals surface area contributed by atoms with Gasteiger partial charge in [-0.2, -0.15) is 0 Å². The molecule has 0 saturated heterocycles. The highest BCUT2D eigenvalue weighted by Gasteiger charge is 2.26. The Hall–Kier alpha value is -3.15. The Kier molecular flexibility index (Phi) is 5.33. The van der Waals surface area contributed by atoms with Gasteiger partial charge in [0.1, 0.15) is 5.60 Å². The van der Waals surface area contributed by atoms with Gasteiger partial charge in [-0.05, 0) is 50.5 Å². The van der Waals surface area contributed by atoms with E-state index in [0.717, 1.165) is 29.7 Å². The Morgan fingerprint density at radius 1 is 1.10 bits per heavy atom. The first-order chi connectivity index (χ1) is 14.3. The number of pyridine rings is 2. The summed E-state index contributed by atoms with van der Waals surface area (Å²) in [4.78, 5) is 23.1. The lowest BCUT2D eigenvalue weighted by molar-refractivity contribution is 0.0267. The lowest BCUT2D eigenvalue weighted by Gasteiger charge is -2.30. The van der Waals surface area contributed by atoms with Crippen LogP contribution in [0.15, 0.2) is 48.3 Å². The molecule has 2 aromatic rings. The average Bonchev–Trinajstić information content (AvgIpc) is 3.16. The van der Waals surface area contributed by atoms with Gasteiger partial charge in [0.15, 0.2) is 0 Å². The zero-order valence-electron chi connectivity index (χ0n) is 17.9. The highest BCUT2D eigenvalue weighted by molar-refractivity contribution is 5.85. The first kappa shape index (κ1) is 20.1. The molecule has 0 bridgehead atoms. The zero-order valence-corrected chi connectivity index (χ0v) is 17.9. The lowest BCUT2D eigenvalue weighted by Crippen LogP contribution is -2.39. The summed E-state index contributed by atoms with van der Waals surface area (Å²) in [6.07, 6.45) is 9.46. The fraction of sp³-hybridized carbons (Fsp3) is 0.375. The molecule has 0 aromatic carbocycles. The summed E-state index contributed by atoms with van der Waals surface area (Å²) < 4.78 is 10.6. The minimum atomic E-state index is -0.480. The summed E-state index contributed by atoms with van der Waals surface area (Å²) >= 11 is 0. The van der Waals surface area contributed by atoms with E-state index in [-0.39, 0.29) is 6.09 Å². The van der Waals surface area contributed by atoms with Gasteiger partial charge in [0.05, 0.1) is 12.8 Å². The van der Waals surface area contributed by atoms with Gasteiger partial charge in [-0.25, -0.2) is 9.78 Å². The fourth-order valence-electron chi connectivity index (χ4n) is 3.74. The summed E-state index contributed by atoms with van der Waals surface area (Å²) in [6, 6.07) is 6.03. The average molecular weight is 405 g/mol. The second kappa shape index (κ2) is 7.94. The molecule has 3 heterocycles. The predicted octanol–water partition coefficient (Wildman–Crippen LogP) is 4.66. The van der Waals surface area contributed by atoms with E-state index in [9.17, 15) is 4.79 Å². The molecule has 1 amide bonds. The van der Waals surface area contributed by atoms with Gasteiger partial charge in [0.2, 0.25) is 5.88 Å². The van der Waals surface area contributed by atoms with Crippen LogP contribution in [0, 0.1) is 0 Å². The summed E-state index contributed by atoms with van der Waals surface area (Å²) in [5.41, 5.74) is 6.30. The van der Waals surface area contributed by atoms with E-state index in [0.29, 0.717) is 19.0 Å². The van der Waals surface area contributed by atoms with Crippen molar-refractivity contribution in [1.82, 2.24) is 14.9 Å². The van der Waals surface area contributed by atoms with Crippen LogP contribution >= 0.6 is 0 Å². The summed E-state index contributed by atoms with van der Waals surface area (Å²) in [6.45, 7) is 6.88. The molecule has 30 heavy (non-hydrogen) atoms. The van der Waals surface area contributed by atoms with Gasteiger partial charge in [0, 0.05) is 54.7 Å². The second-order valence-electron chi connectivity index (χ2n) is 8.54. The number of nitrogens with zero attached hydrogens (tertiary/aromatic N) is 3. The Morgan fingerprint density at radius 3 is 2.53 bits per heavy atom. The molecule has 156 valence electrons. The van der Waals surface area contributed by atoms with Crippen molar-refractivity contribution in [1.29, 1.82) is 0 Å². The number of fused-ring (bicyclic) bond motifs is 1. The number of carbonyl (C=O) groups is 1. The Bertz CT molecular complexity index is 1020. The van der Waals surface area contributed by atoms with Crippen LogP contribution in [0.4, 0.5) is 4.79 Å². The van der Waals surface area contributed by atoms with Crippen LogP contribution in [-0.2, 0) is 11.2 Å². The van der Waals surface area contributed by atoms with Gasteiger partial charge in [0.25, 0.3) is 0 Å². The van der Waals surface area contributed by atoms with Crippen molar-refractivity contribution in [2.24, 2.45) is 0 Å². The number of amides is 1. The highest BCUT2D eigenvalue weighted by atomic mass is 16.6. The Labute approximate surface area is 177 Å². The SMILES string of the molecule is COc1ccc(-c2cnc3c(c2)C(C2=CCN(C(=O)OC(C)(C)C)CC2)=CC3)cn1. The van der Waals surface area contributed by atoms with Crippen LogP contribution in [-0.4, -0.2) is 46.8 Å². The van der Waals surface area contributed by atoms with Crippen molar-refractivity contribution in [2.45, 2.75) is 39.2 Å². The van der Waals surface area contributed by atoms with Crippen molar-refractivity contribution < 1.29 is 14.3 Å². The van der Waals surface area contributed by atoms with E-state index < -0.39 is 5.60 Å². The normalized spacial score (nSPS) is 15.9. The van der Waals surface area contributed by atoms with Crippen molar-refractivity contribution >= 4 is 11.7 Å². The molecule has 1 aliphatic heterocycles. The first-order valence-electron chi connectivity index (χ1n) is 10.2. The first-order valence-corrected chi connectivity index (χ1v) is 10.2. The molecule has 0 N–H and O–H groups in total. The van der Waals surface area contributed by atoms with Gasteiger partial charge < -0.3 is 14.4 Å². The number of hydrogen-bond donors (Lipinski definition) is 0. The third-order valence-electron chi connectivity index (χ3n) is 5.25. The maximum Gasteiger partial charge on any atom is 0.410 e. The molecule has 0 fully saturated rings. The van der Waals surface area contributed by atoms with Crippen molar-refractivity contribution in [3.63, 3.8) is 0 Å². The van der Waals surface area contributed by atoms with Gasteiger partial charge in [-0.1, -0.05) is 12.2 Å². The topological polar surface area (TPSA) is 64.5 Å². The van der Waals surface area contributed by atoms with Gasteiger partial charge in [-0.3, -0.25) is 4.98 Å². The number of methoxy groups -OCH3 is 1. The van der Waals surface area contributed by atoms with E-state index in [1.54, 1.807) is 18.2 Å². The minimum absolute atomic E-state index is 0.255. The van der Waals surface area contributed by atoms with Gasteiger partial charge >= 0.3 is 6.09 Å². The third-order valence-corrected chi connectivity index (χ3v) is 5.25. The monoisotopic (exact) mass is 405 g/mol. The summed E-state index contributed by atoms with van der Waals surface area (Å²) in [5, 5.41) is 0. The second-order valence-corrected chi connectivity index (χ2v) is 8.54. The third kappa shape index (κ3) is 4.22. The van der Waals surface area contributed by atoms with Crippen LogP contribution in [0.1, 0.15) is 38.4 Å². The van der Waals surface area contributed by atoms with E-state index in [4.69, 9.17) is 9.47 Å². The van der Waals surface area contributed by atoms with Crippen LogP contribution in [0.3, 0.4) is 0 Å². The smallest absolute Gasteiger partial charge is 0.410 e. The van der Waals surface area contributed by atoms with E-state index in [2.05, 4.69) is 28.2 Å². The lowest BCUT2D eigenvalue weighted by atomic mass is 9.94. The van der Waals surface area contributed by atoms with Crippen LogP contribution in [0.25, 0.3) is 16.7 Å². The van der Waals surface area contributed by atoms with Gasteiger partial charge in [-0.15, -0.1) is 0 Å². The fourth-order valence-corrected chi connectivity index (χ4v) is 3.74. The molecule has 0 atom stereocenters. The number of ether oxygens (including phenoxy) is 2. The molecule has 2 aliphatic rings. The van der Waals surface area contributed by atoms with E-state index in [1.807, 2.05) is 39.1 Å².